The summed E-state index contributed by atoms with van der Waals surface area (Å²) < 4.78 is 4.72. The second-order valence-corrected chi connectivity index (χ2v) is 4.12. The molecule has 0 saturated carbocycles. The Hall–Kier alpha value is -2.37. The summed E-state index contributed by atoms with van der Waals surface area (Å²) in [6, 6.07) is 6.52. The molecule has 2 N–H and O–H groups in total. The second kappa shape index (κ2) is 7.93. The van der Waals surface area contributed by atoms with Crippen molar-refractivity contribution in [1.82, 2.24) is 0 Å². The van der Waals surface area contributed by atoms with E-state index in [0.29, 0.717) is 17.9 Å². The van der Waals surface area contributed by atoms with Crippen molar-refractivity contribution in [2.75, 3.05) is 11.9 Å². The normalized spacial score (nSPS) is 9.85. The van der Waals surface area contributed by atoms with Crippen LogP contribution in [0.4, 0.5) is 5.69 Å². The van der Waals surface area contributed by atoms with E-state index < -0.39 is 11.9 Å². The van der Waals surface area contributed by atoms with E-state index in [2.05, 4.69) is 5.32 Å². The average Bonchev–Trinajstić information content (AvgIpc) is 2.38. The van der Waals surface area contributed by atoms with Crippen molar-refractivity contribution in [1.29, 1.82) is 0 Å². The lowest BCUT2D eigenvalue weighted by molar-refractivity contribution is -0.144. The minimum atomic E-state index is -0.906. The van der Waals surface area contributed by atoms with Gasteiger partial charge in [-0.15, -0.1) is 0 Å². The highest BCUT2D eigenvalue weighted by Gasteiger charge is 2.08. The van der Waals surface area contributed by atoms with E-state index in [-0.39, 0.29) is 25.2 Å². The molecular weight excluding hydrogens is 262 g/mol. The number of carbonyl (C=O) groups is 3. The maximum atomic E-state index is 11.6. The molecule has 0 radical (unpaired) electrons. The van der Waals surface area contributed by atoms with Crippen LogP contribution in [0.1, 0.15) is 25.3 Å². The number of benzene rings is 1. The highest BCUT2D eigenvalue weighted by molar-refractivity contribution is 5.92. The van der Waals surface area contributed by atoms with Gasteiger partial charge in [-0.05, 0) is 24.6 Å². The molecule has 0 heterocycles. The Kier molecular flexibility index (Phi) is 6.22. The fraction of sp³-hybridized carbons (Fsp3) is 0.357. The summed E-state index contributed by atoms with van der Waals surface area (Å²) in [7, 11) is 0. The van der Waals surface area contributed by atoms with Crippen molar-refractivity contribution in [3.05, 3.63) is 29.8 Å². The molecule has 0 aliphatic rings. The number of hydrogen-bond acceptors (Lipinski definition) is 4. The van der Waals surface area contributed by atoms with Crippen molar-refractivity contribution in [2.45, 2.75) is 26.2 Å². The minimum absolute atomic E-state index is 0.0385. The molecule has 0 unspecified atom stereocenters. The third kappa shape index (κ3) is 5.99. The van der Waals surface area contributed by atoms with Crippen molar-refractivity contribution >= 4 is 23.5 Å². The quantitative estimate of drug-likeness (QED) is 0.739. The van der Waals surface area contributed by atoms with Gasteiger partial charge in [0.2, 0.25) is 5.91 Å². The number of carboxylic acids is 1. The fourth-order valence-corrected chi connectivity index (χ4v) is 1.55. The van der Waals surface area contributed by atoms with E-state index in [9.17, 15) is 14.4 Å². The van der Waals surface area contributed by atoms with Gasteiger partial charge in [0.15, 0.2) is 0 Å². The summed E-state index contributed by atoms with van der Waals surface area (Å²) in [6.45, 7) is 2.00. The Labute approximate surface area is 116 Å². The van der Waals surface area contributed by atoms with Crippen LogP contribution in [0.15, 0.2) is 24.3 Å². The number of esters is 1. The van der Waals surface area contributed by atoms with E-state index in [4.69, 9.17) is 9.84 Å². The first kappa shape index (κ1) is 15.7. The van der Waals surface area contributed by atoms with Crippen molar-refractivity contribution in [3.63, 3.8) is 0 Å². The number of rotatable bonds is 7. The Bertz CT molecular complexity index is 481. The topological polar surface area (TPSA) is 92.7 Å². The van der Waals surface area contributed by atoms with Crippen LogP contribution in [0, 0.1) is 0 Å². The molecule has 6 nitrogen and oxygen atoms in total. The van der Waals surface area contributed by atoms with Gasteiger partial charge in [0, 0.05) is 12.1 Å². The van der Waals surface area contributed by atoms with Gasteiger partial charge < -0.3 is 15.2 Å². The van der Waals surface area contributed by atoms with Crippen molar-refractivity contribution < 1.29 is 24.2 Å². The third-order valence-corrected chi connectivity index (χ3v) is 2.45. The first-order valence-electron chi connectivity index (χ1n) is 6.27. The summed E-state index contributed by atoms with van der Waals surface area (Å²) in [5.74, 6) is -1.60. The molecule has 1 amide bonds. The van der Waals surface area contributed by atoms with Gasteiger partial charge in [-0.25, -0.2) is 0 Å². The molecule has 20 heavy (non-hydrogen) atoms. The van der Waals surface area contributed by atoms with E-state index in [1.807, 2.05) is 0 Å². The van der Waals surface area contributed by atoms with Gasteiger partial charge in [-0.2, -0.15) is 0 Å². The number of carbonyl (C=O) groups excluding carboxylic acids is 2. The summed E-state index contributed by atoms with van der Waals surface area (Å²) >= 11 is 0. The van der Waals surface area contributed by atoms with E-state index in [1.165, 1.54) is 0 Å². The van der Waals surface area contributed by atoms with Crippen LogP contribution in [0.5, 0.6) is 0 Å². The number of carboxylic acid groups (broad SMARTS) is 1. The molecule has 0 spiro atoms. The van der Waals surface area contributed by atoms with Gasteiger partial charge in [0.05, 0.1) is 19.4 Å². The molecule has 0 aliphatic carbocycles. The lowest BCUT2D eigenvalue weighted by Crippen LogP contribution is -2.14. The van der Waals surface area contributed by atoms with E-state index in [0.717, 1.165) is 0 Å². The molecule has 0 atom stereocenters. The molecular formula is C14H17NO5. The lowest BCUT2D eigenvalue weighted by atomic mass is 10.1. The van der Waals surface area contributed by atoms with Crippen LogP contribution < -0.4 is 5.32 Å². The first-order valence-corrected chi connectivity index (χ1v) is 6.27. The maximum Gasteiger partial charge on any atom is 0.307 e. The molecule has 0 fully saturated rings. The summed E-state index contributed by atoms with van der Waals surface area (Å²) in [4.78, 5) is 33.2. The zero-order chi connectivity index (χ0) is 15.0. The zero-order valence-electron chi connectivity index (χ0n) is 11.2. The molecule has 1 aromatic carbocycles. The fourth-order valence-electron chi connectivity index (χ4n) is 1.55. The number of anilines is 1. The molecule has 6 heteroatoms. The van der Waals surface area contributed by atoms with Crippen LogP contribution in [-0.2, 0) is 25.5 Å². The largest absolute Gasteiger partial charge is 0.481 e. The molecule has 0 aromatic heterocycles. The lowest BCUT2D eigenvalue weighted by Gasteiger charge is -2.06. The second-order valence-electron chi connectivity index (χ2n) is 4.12. The monoisotopic (exact) mass is 279 g/mol. The van der Waals surface area contributed by atoms with E-state index in [1.54, 1.807) is 31.2 Å². The Morgan fingerprint density at radius 1 is 1.15 bits per heavy atom. The predicted octanol–water partition coefficient (Wildman–Crippen LogP) is 1.60. The third-order valence-electron chi connectivity index (χ3n) is 2.45. The van der Waals surface area contributed by atoms with Crippen molar-refractivity contribution in [3.8, 4) is 0 Å². The minimum Gasteiger partial charge on any atom is -0.481 e. The standard InChI is InChI=1S/C14H17NO5/c1-2-20-14(19)8-7-12(16)15-11-5-3-10(4-6-11)9-13(17)18/h3-6H,2,7-9H2,1H3,(H,15,16)(H,17,18). The number of amides is 1. The number of hydrogen-bond donors (Lipinski definition) is 2. The highest BCUT2D eigenvalue weighted by atomic mass is 16.5. The smallest absolute Gasteiger partial charge is 0.307 e. The van der Waals surface area contributed by atoms with Gasteiger partial charge in [0.25, 0.3) is 0 Å². The SMILES string of the molecule is CCOC(=O)CCC(=O)Nc1ccc(CC(=O)O)cc1. The number of nitrogens with one attached hydrogen (secondary N) is 1. The van der Waals surface area contributed by atoms with Crippen LogP contribution in [0.3, 0.4) is 0 Å². The van der Waals surface area contributed by atoms with Gasteiger partial charge in [-0.1, -0.05) is 12.1 Å². The zero-order valence-corrected chi connectivity index (χ0v) is 11.2. The van der Waals surface area contributed by atoms with Crippen LogP contribution in [0.25, 0.3) is 0 Å². The molecule has 1 rings (SSSR count). The van der Waals surface area contributed by atoms with E-state index >= 15 is 0 Å². The van der Waals surface area contributed by atoms with Crippen LogP contribution in [0.2, 0.25) is 0 Å². The molecule has 0 aliphatic heterocycles. The first-order chi connectivity index (χ1) is 9.51. The Morgan fingerprint density at radius 3 is 2.35 bits per heavy atom. The molecule has 0 bridgehead atoms. The average molecular weight is 279 g/mol. The van der Waals surface area contributed by atoms with Gasteiger partial charge >= 0.3 is 11.9 Å². The number of ether oxygens (including phenoxy) is 1. The summed E-state index contributed by atoms with van der Waals surface area (Å²) in [5.41, 5.74) is 1.22. The van der Waals surface area contributed by atoms with Crippen LogP contribution in [-0.4, -0.2) is 29.6 Å². The van der Waals surface area contributed by atoms with Crippen molar-refractivity contribution in [2.24, 2.45) is 0 Å². The Morgan fingerprint density at radius 2 is 1.80 bits per heavy atom. The molecule has 1 aromatic rings. The predicted molar refractivity (Wildman–Crippen MR) is 72.3 cm³/mol. The summed E-state index contributed by atoms with van der Waals surface area (Å²) in [6.07, 6.45) is 0.0313. The number of aliphatic carboxylic acids is 1. The van der Waals surface area contributed by atoms with Gasteiger partial charge in [-0.3, -0.25) is 14.4 Å². The van der Waals surface area contributed by atoms with Crippen LogP contribution >= 0.6 is 0 Å². The Balaban J connectivity index is 2.42. The maximum absolute atomic E-state index is 11.6. The highest BCUT2D eigenvalue weighted by Crippen LogP contribution is 2.11. The molecule has 108 valence electrons. The summed E-state index contributed by atoms with van der Waals surface area (Å²) in [5, 5.41) is 11.3. The molecule has 0 saturated heterocycles. The van der Waals surface area contributed by atoms with Gasteiger partial charge in [0.1, 0.15) is 0 Å².